The fourth-order valence-corrected chi connectivity index (χ4v) is 5.46. The van der Waals surface area contributed by atoms with Crippen molar-refractivity contribution in [3.63, 3.8) is 0 Å². The predicted molar refractivity (Wildman–Crippen MR) is 118 cm³/mol. The molecule has 2 fully saturated rings. The van der Waals surface area contributed by atoms with Crippen molar-refractivity contribution in [2.45, 2.75) is 39.8 Å². The molecule has 3 aliphatic rings. The van der Waals surface area contributed by atoms with E-state index in [9.17, 15) is 14.4 Å². The van der Waals surface area contributed by atoms with Crippen LogP contribution in [0.4, 0.5) is 5.69 Å². The van der Waals surface area contributed by atoms with Gasteiger partial charge in [0, 0.05) is 11.0 Å². The van der Waals surface area contributed by atoms with Crippen LogP contribution in [0.3, 0.4) is 0 Å². The minimum atomic E-state index is -0.656. The van der Waals surface area contributed by atoms with Crippen LogP contribution < -0.4 is 9.80 Å². The summed E-state index contributed by atoms with van der Waals surface area (Å²) in [6, 6.07) is 14.6. The topological polar surface area (TPSA) is 58.9 Å². The maximum atomic E-state index is 13.7. The summed E-state index contributed by atoms with van der Waals surface area (Å²) in [6.45, 7) is 7.63. The molecule has 0 aromatic heterocycles. The second kappa shape index (κ2) is 6.72. The van der Waals surface area contributed by atoms with Crippen LogP contribution in [0.1, 0.15) is 43.5 Å². The summed E-state index contributed by atoms with van der Waals surface area (Å²) in [4.78, 5) is 43.2. The molecular weight excluding hydrogens is 388 g/mol. The smallest absolute Gasteiger partial charge is 0.244 e. The Hall–Kier alpha value is -3.05. The number of anilines is 1. The number of rotatable bonds is 2. The zero-order valence-corrected chi connectivity index (χ0v) is 18.3. The van der Waals surface area contributed by atoms with Crippen LogP contribution in [0.25, 0.3) is 6.08 Å². The maximum Gasteiger partial charge on any atom is 0.244 e. The monoisotopic (exact) mass is 415 g/mol. The lowest BCUT2D eigenvalue weighted by molar-refractivity contribution is -0.885. The second-order valence-electron chi connectivity index (χ2n) is 9.93. The van der Waals surface area contributed by atoms with Crippen molar-refractivity contribution in [1.29, 1.82) is 0 Å². The van der Waals surface area contributed by atoms with E-state index in [2.05, 4.69) is 0 Å². The van der Waals surface area contributed by atoms with Gasteiger partial charge in [-0.25, -0.2) is 4.90 Å². The maximum absolute atomic E-state index is 13.7. The largest absolute Gasteiger partial charge is 0.292 e. The summed E-state index contributed by atoms with van der Waals surface area (Å²) in [5.41, 5.74) is 3.12. The number of amides is 2. The van der Waals surface area contributed by atoms with Crippen molar-refractivity contribution in [3.8, 4) is 0 Å². The van der Waals surface area contributed by atoms with E-state index in [0.29, 0.717) is 5.69 Å². The van der Waals surface area contributed by atoms with Crippen molar-refractivity contribution < 1.29 is 19.3 Å². The molecule has 2 amide bonds. The first kappa shape index (κ1) is 19.9. The number of nitrogens with one attached hydrogen (secondary N) is 1. The number of quaternary nitrogens is 1. The van der Waals surface area contributed by atoms with Crippen LogP contribution in [0.5, 0.6) is 0 Å². The van der Waals surface area contributed by atoms with Gasteiger partial charge in [0.05, 0.1) is 11.9 Å². The average Bonchev–Trinajstić information content (AvgIpc) is 3.20. The third kappa shape index (κ3) is 2.83. The first-order chi connectivity index (χ1) is 14.7. The number of hydrogen-bond donors (Lipinski definition) is 1. The number of carbonyl (C=O) groups is 3. The highest BCUT2D eigenvalue weighted by molar-refractivity contribution is 6.23. The van der Waals surface area contributed by atoms with Crippen molar-refractivity contribution >= 4 is 29.4 Å². The Morgan fingerprint density at radius 2 is 1.58 bits per heavy atom. The van der Waals surface area contributed by atoms with Gasteiger partial charge < -0.3 is 0 Å². The molecule has 2 aromatic carbocycles. The van der Waals surface area contributed by atoms with Gasteiger partial charge in [-0.05, 0) is 30.7 Å². The molecule has 0 saturated carbocycles. The molecule has 3 aliphatic heterocycles. The quantitative estimate of drug-likeness (QED) is 0.768. The third-order valence-corrected chi connectivity index (χ3v) is 6.93. The van der Waals surface area contributed by atoms with E-state index >= 15 is 0 Å². The molecule has 5 nitrogen and oxygen atoms in total. The van der Waals surface area contributed by atoms with Crippen LogP contribution in [0, 0.1) is 24.2 Å². The van der Waals surface area contributed by atoms with Gasteiger partial charge in [0.15, 0.2) is 11.8 Å². The van der Waals surface area contributed by atoms with E-state index in [1.807, 2.05) is 88.5 Å². The number of aryl methyl sites for hydroxylation is 1. The van der Waals surface area contributed by atoms with Crippen LogP contribution in [0.15, 0.2) is 54.7 Å². The second-order valence-corrected chi connectivity index (χ2v) is 9.93. The molecule has 0 aliphatic carbocycles. The van der Waals surface area contributed by atoms with Gasteiger partial charge in [-0.2, -0.15) is 0 Å². The normalized spacial score (nSPS) is 29.0. The van der Waals surface area contributed by atoms with Crippen LogP contribution >= 0.6 is 0 Å². The van der Waals surface area contributed by atoms with Gasteiger partial charge in [0.25, 0.3) is 0 Å². The highest BCUT2D eigenvalue weighted by Gasteiger charge is 2.68. The molecule has 5 rings (SSSR count). The van der Waals surface area contributed by atoms with Gasteiger partial charge in [-0.15, -0.1) is 0 Å². The van der Waals surface area contributed by atoms with Crippen molar-refractivity contribution in [2.24, 2.45) is 17.3 Å². The van der Waals surface area contributed by atoms with E-state index in [1.54, 1.807) is 0 Å². The summed E-state index contributed by atoms with van der Waals surface area (Å²) in [5.74, 6) is -1.64. The molecule has 2 aromatic rings. The van der Waals surface area contributed by atoms with Gasteiger partial charge in [0.2, 0.25) is 11.8 Å². The summed E-state index contributed by atoms with van der Waals surface area (Å²) in [7, 11) is 0. The highest BCUT2D eigenvalue weighted by Crippen LogP contribution is 2.45. The summed E-state index contributed by atoms with van der Waals surface area (Å²) >= 11 is 0. The molecule has 2 saturated heterocycles. The lowest BCUT2D eigenvalue weighted by atomic mass is 9.79. The number of fused-ring (bicyclic) bond motifs is 5. The Morgan fingerprint density at radius 1 is 0.935 bits per heavy atom. The molecule has 1 N–H and O–H groups in total. The Kier molecular flexibility index (Phi) is 4.31. The Morgan fingerprint density at radius 3 is 2.26 bits per heavy atom. The van der Waals surface area contributed by atoms with Gasteiger partial charge in [0.1, 0.15) is 17.9 Å². The van der Waals surface area contributed by atoms with Crippen molar-refractivity contribution in [1.82, 2.24) is 0 Å². The van der Waals surface area contributed by atoms with E-state index in [1.165, 1.54) is 4.90 Å². The molecule has 31 heavy (non-hydrogen) atoms. The average molecular weight is 416 g/mol. The minimum Gasteiger partial charge on any atom is -0.292 e. The first-order valence-corrected chi connectivity index (χ1v) is 10.8. The first-order valence-electron chi connectivity index (χ1n) is 10.8. The van der Waals surface area contributed by atoms with Crippen LogP contribution in [-0.2, 0) is 14.4 Å². The number of imide groups is 1. The molecule has 0 bridgehead atoms. The highest BCUT2D eigenvalue weighted by atomic mass is 16.2. The van der Waals surface area contributed by atoms with Gasteiger partial charge >= 0.3 is 0 Å². The number of Topliss-reactive ketones (excluding diaryl/α,β-unsaturated/α-hetero) is 1. The molecule has 158 valence electrons. The SMILES string of the molecule is Cc1ccc(N2C(=O)[C@@H]3[C@H](C2=O)[C@H](C(=O)C(C)(C)C)[NH+]2C=Cc4ccccc4[C@@H]32)cc1. The summed E-state index contributed by atoms with van der Waals surface area (Å²) in [5, 5.41) is 0. The molecule has 0 spiro atoms. The Labute approximate surface area is 182 Å². The lowest BCUT2D eigenvalue weighted by Crippen LogP contribution is -3.12. The molecule has 3 heterocycles. The zero-order valence-electron chi connectivity index (χ0n) is 18.3. The number of ketones is 1. The minimum absolute atomic E-state index is 0.0240. The third-order valence-electron chi connectivity index (χ3n) is 6.93. The van der Waals surface area contributed by atoms with Crippen molar-refractivity contribution in [2.75, 3.05) is 4.90 Å². The Balaban J connectivity index is 1.66. The lowest BCUT2D eigenvalue weighted by Gasteiger charge is -2.32. The van der Waals surface area contributed by atoms with Gasteiger partial charge in [-0.1, -0.05) is 62.7 Å². The number of carbonyl (C=O) groups excluding carboxylic acids is 3. The number of nitrogens with zero attached hydrogens (tertiary/aromatic N) is 1. The van der Waals surface area contributed by atoms with Crippen LogP contribution in [0.2, 0.25) is 0 Å². The zero-order chi connectivity index (χ0) is 22.1. The fourth-order valence-electron chi connectivity index (χ4n) is 5.46. The summed E-state index contributed by atoms with van der Waals surface area (Å²) in [6.07, 6.45) is 3.99. The molecular formula is C26H27N2O3+. The summed E-state index contributed by atoms with van der Waals surface area (Å²) < 4.78 is 0. The van der Waals surface area contributed by atoms with E-state index < -0.39 is 23.3 Å². The predicted octanol–water partition coefficient (Wildman–Crippen LogP) is 2.71. The standard InChI is InChI=1S/C26H26N2O3/c1-15-9-11-17(12-10-15)28-24(30)19-20(25(28)31)22(23(29)26(2,3)4)27-14-13-16-7-5-6-8-18(16)21(19)27/h5-14,19-22H,1-4H3/p+1/t19-,20+,21+,22-/m1/s1. The van der Waals surface area contributed by atoms with E-state index in [0.717, 1.165) is 21.6 Å². The van der Waals surface area contributed by atoms with Gasteiger partial charge in [-0.3, -0.25) is 19.3 Å². The van der Waals surface area contributed by atoms with E-state index in [-0.39, 0.29) is 23.6 Å². The number of benzene rings is 2. The molecule has 5 atom stereocenters. The number of hydrogen-bond acceptors (Lipinski definition) is 3. The van der Waals surface area contributed by atoms with Crippen molar-refractivity contribution in [3.05, 3.63) is 71.4 Å². The molecule has 5 heteroatoms. The Bertz CT molecular complexity index is 1130. The molecule has 0 radical (unpaired) electrons. The fraction of sp³-hybridized carbons (Fsp3) is 0.346. The van der Waals surface area contributed by atoms with Crippen LogP contribution in [-0.4, -0.2) is 23.6 Å². The van der Waals surface area contributed by atoms with E-state index in [4.69, 9.17) is 0 Å². The molecule has 1 unspecified atom stereocenters.